The van der Waals surface area contributed by atoms with E-state index in [-0.39, 0.29) is 0 Å². The Kier molecular flexibility index (Phi) is 6.14. The van der Waals surface area contributed by atoms with Gasteiger partial charge in [-0.15, -0.1) is 6.58 Å². The van der Waals surface area contributed by atoms with E-state index in [9.17, 15) is 0 Å². The lowest BCUT2D eigenvalue weighted by Crippen LogP contribution is -2.50. The molecule has 4 rings (SSSR count). The predicted octanol–water partition coefficient (Wildman–Crippen LogP) is 8.83. The predicted molar refractivity (Wildman–Crippen MR) is 127 cm³/mol. The van der Waals surface area contributed by atoms with Crippen LogP contribution in [0.3, 0.4) is 0 Å². The fraction of sp³-hybridized carbons (Fsp3) is 0.862. The van der Waals surface area contributed by atoms with Gasteiger partial charge in [0, 0.05) is 0 Å². The third kappa shape index (κ3) is 3.70. The highest BCUT2D eigenvalue weighted by atomic mass is 14.6. The first-order chi connectivity index (χ1) is 13.8. The van der Waals surface area contributed by atoms with E-state index in [1.807, 2.05) is 5.57 Å². The second-order valence-corrected chi connectivity index (χ2v) is 12.5. The summed E-state index contributed by atoms with van der Waals surface area (Å²) in [5.74, 6) is 6.43. The molecule has 0 aliphatic heterocycles. The minimum atomic E-state index is 0.505. The fourth-order valence-electron chi connectivity index (χ4n) is 8.91. The lowest BCUT2D eigenvalue weighted by molar-refractivity contribution is -0.0516. The second kappa shape index (κ2) is 8.20. The average Bonchev–Trinajstić information content (AvgIpc) is 3.04. The summed E-state index contributed by atoms with van der Waals surface area (Å²) in [4.78, 5) is 0. The maximum absolute atomic E-state index is 4.11. The SMILES string of the molecule is C=CC1CC[C@@]2(C)C(=CCC3C2CC[C@@]2(C)C3CC[C@@H]2[C@H](C)CCCC(C)C)C1. The summed E-state index contributed by atoms with van der Waals surface area (Å²) in [6, 6.07) is 0. The average molecular weight is 397 g/mol. The molecule has 8 atom stereocenters. The third-order valence-electron chi connectivity index (χ3n) is 10.7. The van der Waals surface area contributed by atoms with Crippen molar-refractivity contribution in [3.05, 3.63) is 24.3 Å². The van der Waals surface area contributed by atoms with Crippen LogP contribution in [-0.4, -0.2) is 0 Å². The van der Waals surface area contributed by atoms with E-state index in [1.165, 1.54) is 70.6 Å². The van der Waals surface area contributed by atoms with Gasteiger partial charge < -0.3 is 0 Å². The molecule has 0 N–H and O–H groups in total. The normalized spacial score (nSPS) is 45.2. The van der Waals surface area contributed by atoms with Gasteiger partial charge in [-0.2, -0.15) is 0 Å². The summed E-state index contributed by atoms with van der Waals surface area (Å²) in [5.41, 5.74) is 2.94. The number of fused-ring (bicyclic) bond motifs is 5. The van der Waals surface area contributed by atoms with Gasteiger partial charge >= 0.3 is 0 Å². The Morgan fingerprint density at radius 1 is 1.03 bits per heavy atom. The van der Waals surface area contributed by atoms with Crippen molar-refractivity contribution in [2.24, 2.45) is 52.3 Å². The van der Waals surface area contributed by atoms with E-state index in [4.69, 9.17) is 0 Å². The maximum atomic E-state index is 4.11. The van der Waals surface area contributed by atoms with Crippen LogP contribution in [0, 0.1) is 52.3 Å². The lowest BCUT2D eigenvalue weighted by Gasteiger charge is -2.58. The van der Waals surface area contributed by atoms with E-state index in [0.717, 1.165) is 41.4 Å². The zero-order chi connectivity index (χ0) is 20.8. The summed E-state index contributed by atoms with van der Waals surface area (Å²) in [6.45, 7) is 16.8. The van der Waals surface area contributed by atoms with Crippen LogP contribution in [0.5, 0.6) is 0 Å². The molecular weight excluding hydrogens is 348 g/mol. The topological polar surface area (TPSA) is 0 Å². The van der Waals surface area contributed by atoms with Gasteiger partial charge in [0.2, 0.25) is 0 Å². The van der Waals surface area contributed by atoms with Crippen LogP contribution < -0.4 is 0 Å². The van der Waals surface area contributed by atoms with Crippen molar-refractivity contribution in [3.63, 3.8) is 0 Å². The molecule has 0 aromatic rings. The van der Waals surface area contributed by atoms with Gasteiger partial charge in [-0.05, 0) is 104 Å². The molecule has 0 heteroatoms. The monoisotopic (exact) mass is 396 g/mol. The van der Waals surface area contributed by atoms with E-state index < -0.39 is 0 Å². The summed E-state index contributed by atoms with van der Waals surface area (Å²) < 4.78 is 0. The van der Waals surface area contributed by atoms with Gasteiger partial charge in [-0.3, -0.25) is 0 Å². The molecule has 0 radical (unpaired) electrons. The smallest absolute Gasteiger partial charge is 0.00849 e. The van der Waals surface area contributed by atoms with Crippen LogP contribution in [0.4, 0.5) is 0 Å². The molecule has 4 unspecified atom stereocenters. The Labute approximate surface area is 182 Å². The highest BCUT2D eigenvalue weighted by molar-refractivity contribution is 5.26. The summed E-state index contributed by atoms with van der Waals surface area (Å²) >= 11 is 0. The van der Waals surface area contributed by atoms with Gasteiger partial charge in [0.05, 0.1) is 0 Å². The van der Waals surface area contributed by atoms with Crippen molar-refractivity contribution in [3.8, 4) is 0 Å². The molecule has 0 amide bonds. The zero-order valence-electron chi connectivity index (χ0n) is 20.2. The Balaban J connectivity index is 1.49. The summed E-state index contributed by atoms with van der Waals surface area (Å²) in [5, 5.41) is 0. The van der Waals surface area contributed by atoms with Gasteiger partial charge in [-0.1, -0.05) is 71.6 Å². The Bertz CT molecular complexity index is 626. The third-order valence-corrected chi connectivity index (χ3v) is 10.7. The first kappa shape index (κ1) is 21.7. The Morgan fingerprint density at radius 2 is 1.83 bits per heavy atom. The molecule has 29 heavy (non-hydrogen) atoms. The number of rotatable bonds is 6. The van der Waals surface area contributed by atoms with E-state index in [1.54, 1.807) is 0 Å². The highest BCUT2D eigenvalue weighted by Gasteiger charge is 2.58. The second-order valence-electron chi connectivity index (χ2n) is 12.5. The van der Waals surface area contributed by atoms with Gasteiger partial charge in [-0.25, -0.2) is 0 Å². The quantitative estimate of drug-likeness (QED) is 0.393. The molecular formula is C29H48. The van der Waals surface area contributed by atoms with Crippen molar-refractivity contribution in [2.75, 3.05) is 0 Å². The highest BCUT2D eigenvalue weighted by Crippen LogP contribution is 2.67. The minimum absolute atomic E-state index is 0.505. The van der Waals surface area contributed by atoms with Gasteiger partial charge in [0.25, 0.3) is 0 Å². The van der Waals surface area contributed by atoms with Gasteiger partial charge in [0.15, 0.2) is 0 Å². The van der Waals surface area contributed by atoms with Gasteiger partial charge in [0.1, 0.15) is 0 Å². The van der Waals surface area contributed by atoms with Crippen molar-refractivity contribution in [1.29, 1.82) is 0 Å². The van der Waals surface area contributed by atoms with Crippen molar-refractivity contribution in [2.45, 2.75) is 105 Å². The lowest BCUT2D eigenvalue weighted by atomic mass is 9.46. The number of hydrogen-bond donors (Lipinski definition) is 0. The number of hydrogen-bond acceptors (Lipinski definition) is 0. The molecule has 0 aromatic heterocycles. The summed E-state index contributed by atoms with van der Waals surface area (Å²) in [7, 11) is 0. The largest absolute Gasteiger partial charge is 0.103 e. The molecule has 164 valence electrons. The number of allylic oxidation sites excluding steroid dienone is 3. The van der Waals surface area contributed by atoms with Crippen LogP contribution in [0.15, 0.2) is 24.3 Å². The minimum Gasteiger partial charge on any atom is -0.103 e. The molecule has 4 aliphatic rings. The van der Waals surface area contributed by atoms with Crippen LogP contribution >= 0.6 is 0 Å². The van der Waals surface area contributed by atoms with Crippen LogP contribution in [0.1, 0.15) is 105 Å². The zero-order valence-corrected chi connectivity index (χ0v) is 20.2. The van der Waals surface area contributed by atoms with E-state index in [0.29, 0.717) is 10.8 Å². The molecule has 0 nitrogen and oxygen atoms in total. The van der Waals surface area contributed by atoms with Crippen molar-refractivity contribution >= 4 is 0 Å². The molecule has 0 bridgehead atoms. The molecule has 3 saturated carbocycles. The Hall–Kier alpha value is -0.520. The van der Waals surface area contributed by atoms with Crippen molar-refractivity contribution < 1.29 is 0 Å². The van der Waals surface area contributed by atoms with Crippen molar-refractivity contribution in [1.82, 2.24) is 0 Å². The van der Waals surface area contributed by atoms with Crippen LogP contribution in [0.25, 0.3) is 0 Å². The van der Waals surface area contributed by atoms with Crippen LogP contribution in [0.2, 0.25) is 0 Å². The molecule has 0 heterocycles. The van der Waals surface area contributed by atoms with Crippen LogP contribution in [-0.2, 0) is 0 Å². The Morgan fingerprint density at radius 3 is 2.55 bits per heavy atom. The molecule has 4 aliphatic carbocycles. The summed E-state index contributed by atoms with van der Waals surface area (Å²) in [6.07, 6.45) is 20.8. The van der Waals surface area contributed by atoms with E-state index in [2.05, 4.69) is 53.3 Å². The van der Waals surface area contributed by atoms with E-state index >= 15 is 0 Å². The fourth-order valence-corrected chi connectivity index (χ4v) is 8.91. The molecule has 0 spiro atoms. The molecule has 0 aromatic carbocycles. The molecule has 3 fully saturated rings. The maximum Gasteiger partial charge on any atom is -0.00849 e. The molecule has 0 saturated heterocycles. The standard InChI is InChI=1S/C29H48/c1-7-22-15-17-28(5)23(19-22)11-12-24-26-14-13-25(21(4)10-8-9-20(2)3)29(26,6)18-16-27(24)28/h7,11,20-22,24-27H,1,8-10,12-19H2,2-6H3/t21-,22?,24?,25-,26?,27?,28+,29-/m1/s1. The first-order valence-electron chi connectivity index (χ1n) is 13.1. The first-order valence-corrected chi connectivity index (χ1v) is 13.1.